The first-order chi connectivity index (χ1) is 14.1. The van der Waals surface area contributed by atoms with Gasteiger partial charge in [0.1, 0.15) is 12.1 Å². The number of pyridine rings is 1. The van der Waals surface area contributed by atoms with Gasteiger partial charge in [0, 0.05) is 29.4 Å². The molecule has 5 rings (SSSR count). The molecule has 29 heavy (non-hydrogen) atoms. The van der Waals surface area contributed by atoms with Gasteiger partial charge in [-0.1, -0.05) is 30.3 Å². The van der Waals surface area contributed by atoms with Crippen molar-refractivity contribution in [3.05, 3.63) is 83.6 Å². The summed E-state index contributed by atoms with van der Waals surface area (Å²) in [5, 5.41) is 4.55. The summed E-state index contributed by atoms with van der Waals surface area (Å²) in [6.07, 6.45) is 4.99. The summed E-state index contributed by atoms with van der Waals surface area (Å²) in [7, 11) is 0. The summed E-state index contributed by atoms with van der Waals surface area (Å²) >= 11 is 0. The van der Waals surface area contributed by atoms with E-state index in [0.29, 0.717) is 28.7 Å². The van der Waals surface area contributed by atoms with Crippen LogP contribution >= 0.6 is 0 Å². The highest BCUT2D eigenvalue weighted by Gasteiger charge is 2.35. The fourth-order valence-electron chi connectivity index (χ4n) is 3.79. The Labute approximate surface area is 166 Å². The van der Waals surface area contributed by atoms with E-state index >= 15 is 0 Å². The second-order valence-corrected chi connectivity index (χ2v) is 6.88. The van der Waals surface area contributed by atoms with Crippen LogP contribution in [-0.2, 0) is 4.79 Å². The number of aromatic nitrogens is 5. The Morgan fingerprint density at radius 1 is 1.14 bits per heavy atom. The van der Waals surface area contributed by atoms with E-state index in [1.165, 1.54) is 0 Å². The zero-order chi connectivity index (χ0) is 20.0. The van der Waals surface area contributed by atoms with Gasteiger partial charge >= 0.3 is 0 Å². The van der Waals surface area contributed by atoms with Gasteiger partial charge in [-0.25, -0.2) is 14.5 Å². The number of rotatable bonds is 3. The third-order valence-electron chi connectivity index (χ3n) is 5.03. The lowest BCUT2D eigenvalue weighted by atomic mass is 9.82. The lowest BCUT2D eigenvalue weighted by Gasteiger charge is -2.28. The van der Waals surface area contributed by atoms with Gasteiger partial charge in [0.2, 0.25) is 5.88 Å². The topological polar surface area (TPSA) is 82.3 Å². The zero-order valence-electron chi connectivity index (χ0n) is 15.9. The number of carbonyl (C=O) groups excluding carboxylic acids is 1. The Kier molecular flexibility index (Phi) is 3.94. The Morgan fingerprint density at radius 2 is 1.97 bits per heavy atom. The first-order valence-electron chi connectivity index (χ1n) is 9.23. The minimum absolute atomic E-state index is 0.0454. The van der Waals surface area contributed by atoms with Gasteiger partial charge in [-0.05, 0) is 31.5 Å². The van der Waals surface area contributed by atoms with Crippen molar-refractivity contribution in [2.75, 3.05) is 0 Å². The van der Waals surface area contributed by atoms with E-state index in [4.69, 9.17) is 9.72 Å². The molecule has 7 nitrogen and oxygen atoms in total. The smallest absolute Gasteiger partial charge is 0.228 e. The predicted molar refractivity (Wildman–Crippen MR) is 106 cm³/mol. The molecule has 0 saturated heterocycles. The van der Waals surface area contributed by atoms with Crippen molar-refractivity contribution in [1.82, 2.24) is 24.6 Å². The molecule has 0 amide bonds. The van der Waals surface area contributed by atoms with Gasteiger partial charge in [0.05, 0.1) is 5.56 Å². The van der Waals surface area contributed by atoms with Crippen molar-refractivity contribution >= 4 is 11.4 Å². The van der Waals surface area contributed by atoms with Crippen molar-refractivity contribution in [1.29, 1.82) is 0 Å². The van der Waals surface area contributed by atoms with Crippen LogP contribution in [0, 0.1) is 0 Å². The maximum Gasteiger partial charge on any atom is 0.228 e. The van der Waals surface area contributed by atoms with Crippen molar-refractivity contribution in [2.24, 2.45) is 0 Å². The fraction of sp³-hybridized carbons (Fsp3) is 0.136. The summed E-state index contributed by atoms with van der Waals surface area (Å²) in [4.78, 5) is 25.9. The number of hydrogen-bond donors (Lipinski definition) is 0. The highest BCUT2D eigenvalue weighted by Crippen LogP contribution is 2.44. The van der Waals surface area contributed by atoms with Gasteiger partial charge in [-0.15, -0.1) is 5.10 Å². The molecule has 4 heterocycles. The quantitative estimate of drug-likeness (QED) is 0.538. The van der Waals surface area contributed by atoms with Gasteiger partial charge in [0.15, 0.2) is 17.3 Å². The van der Waals surface area contributed by atoms with E-state index in [1.54, 1.807) is 37.1 Å². The third kappa shape index (κ3) is 2.79. The standard InChI is InChI=1S/C22H17N5O2/c1-13(28)17-14(2)29-22-19(18(17)15-7-4-3-5-8-15)21-25-20(26-27(21)12-24-22)16-9-6-10-23-11-16/h3-12,18H,1-2H3/t18-/m0/s1. The summed E-state index contributed by atoms with van der Waals surface area (Å²) in [5.74, 6) is 1.16. The molecule has 0 N–H and O–H groups in total. The molecule has 0 unspecified atom stereocenters. The summed E-state index contributed by atoms with van der Waals surface area (Å²) in [6, 6.07) is 13.6. The third-order valence-corrected chi connectivity index (χ3v) is 5.03. The number of Topliss-reactive ketones (excluding diaryl/α,β-unsaturated/α-hetero) is 1. The van der Waals surface area contributed by atoms with Crippen LogP contribution in [0.2, 0.25) is 0 Å². The van der Waals surface area contributed by atoms with Crippen LogP contribution in [0.4, 0.5) is 0 Å². The molecular formula is C22H17N5O2. The molecule has 0 spiro atoms. The first kappa shape index (κ1) is 17.2. The molecule has 1 aromatic carbocycles. The molecule has 1 aliphatic heterocycles. The van der Waals surface area contributed by atoms with Crippen molar-refractivity contribution in [3.63, 3.8) is 0 Å². The van der Waals surface area contributed by atoms with Gasteiger partial charge < -0.3 is 4.74 Å². The molecule has 0 saturated carbocycles. The maximum atomic E-state index is 12.6. The monoisotopic (exact) mass is 383 g/mol. The molecule has 0 fully saturated rings. The van der Waals surface area contributed by atoms with E-state index in [9.17, 15) is 4.79 Å². The fourth-order valence-corrected chi connectivity index (χ4v) is 3.79. The second kappa shape index (κ2) is 6.63. The number of hydrogen-bond acceptors (Lipinski definition) is 6. The van der Waals surface area contributed by atoms with E-state index in [2.05, 4.69) is 15.1 Å². The lowest BCUT2D eigenvalue weighted by molar-refractivity contribution is -0.114. The minimum Gasteiger partial charge on any atom is -0.443 e. The number of nitrogens with zero attached hydrogens (tertiary/aromatic N) is 5. The van der Waals surface area contributed by atoms with E-state index in [0.717, 1.165) is 16.7 Å². The largest absolute Gasteiger partial charge is 0.443 e. The average molecular weight is 383 g/mol. The molecule has 1 aliphatic rings. The molecule has 0 aliphatic carbocycles. The van der Waals surface area contributed by atoms with Crippen molar-refractivity contribution in [2.45, 2.75) is 19.8 Å². The highest BCUT2D eigenvalue weighted by molar-refractivity contribution is 5.97. The predicted octanol–water partition coefficient (Wildman–Crippen LogP) is 3.57. The summed E-state index contributed by atoms with van der Waals surface area (Å²) < 4.78 is 7.56. The Bertz CT molecular complexity index is 1260. The number of allylic oxidation sites excluding steroid dienone is 2. The van der Waals surface area contributed by atoms with Crippen LogP contribution in [0.1, 0.15) is 30.9 Å². The number of carbonyl (C=O) groups is 1. The van der Waals surface area contributed by atoms with Crippen LogP contribution in [-0.4, -0.2) is 30.3 Å². The lowest BCUT2D eigenvalue weighted by Crippen LogP contribution is -2.22. The highest BCUT2D eigenvalue weighted by atomic mass is 16.5. The summed E-state index contributed by atoms with van der Waals surface area (Å²) in [6.45, 7) is 3.36. The average Bonchev–Trinajstić information content (AvgIpc) is 3.18. The minimum atomic E-state index is -0.334. The zero-order valence-corrected chi connectivity index (χ0v) is 15.9. The van der Waals surface area contributed by atoms with Crippen LogP contribution in [0.5, 0.6) is 5.88 Å². The number of fused-ring (bicyclic) bond motifs is 3. The van der Waals surface area contributed by atoms with Crippen molar-refractivity contribution in [3.8, 4) is 17.3 Å². The van der Waals surface area contributed by atoms with Crippen LogP contribution in [0.15, 0.2) is 72.5 Å². The van der Waals surface area contributed by atoms with Crippen LogP contribution < -0.4 is 4.74 Å². The van der Waals surface area contributed by atoms with E-state index in [-0.39, 0.29) is 11.7 Å². The van der Waals surface area contributed by atoms with Gasteiger partial charge in [-0.2, -0.15) is 0 Å². The molecule has 0 radical (unpaired) electrons. The Balaban J connectivity index is 1.79. The Hall–Kier alpha value is -3.87. The van der Waals surface area contributed by atoms with E-state index in [1.807, 2.05) is 42.5 Å². The van der Waals surface area contributed by atoms with Gasteiger partial charge in [0.25, 0.3) is 0 Å². The SMILES string of the molecule is CC(=O)C1=C(C)Oc2ncn3nc(-c4cccnc4)nc3c2[C@H]1c1ccccc1. The molecule has 0 bridgehead atoms. The van der Waals surface area contributed by atoms with Gasteiger partial charge in [-0.3, -0.25) is 9.78 Å². The molecule has 4 aromatic rings. The summed E-state index contributed by atoms with van der Waals surface area (Å²) in [5.41, 5.74) is 3.72. The number of ketones is 1. The normalized spacial score (nSPS) is 15.9. The van der Waals surface area contributed by atoms with Crippen LogP contribution in [0.25, 0.3) is 17.0 Å². The molecule has 142 valence electrons. The molecule has 1 atom stereocenters. The van der Waals surface area contributed by atoms with Crippen molar-refractivity contribution < 1.29 is 9.53 Å². The van der Waals surface area contributed by atoms with Crippen LogP contribution in [0.3, 0.4) is 0 Å². The van der Waals surface area contributed by atoms with E-state index < -0.39 is 0 Å². The molecule has 7 heteroatoms. The Morgan fingerprint density at radius 3 is 2.69 bits per heavy atom. The molecular weight excluding hydrogens is 366 g/mol. The number of benzene rings is 1. The first-order valence-corrected chi connectivity index (χ1v) is 9.23. The second-order valence-electron chi connectivity index (χ2n) is 6.88. The maximum absolute atomic E-state index is 12.6. The number of ether oxygens (including phenoxy) is 1. The molecule has 3 aromatic heterocycles.